The number of para-hydroxylation sites is 1. The topological polar surface area (TPSA) is 86.8 Å². The predicted molar refractivity (Wildman–Crippen MR) is 167 cm³/mol. The highest BCUT2D eigenvalue weighted by molar-refractivity contribution is 7.92. The number of amides is 2. The van der Waals surface area contributed by atoms with Crippen molar-refractivity contribution in [3.63, 3.8) is 0 Å². The summed E-state index contributed by atoms with van der Waals surface area (Å²) in [6.07, 6.45) is 1.31. The third-order valence-electron chi connectivity index (χ3n) is 6.55. The Morgan fingerprint density at radius 2 is 1.49 bits per heavy atom. The minimum Gasteiger partial charge on any atom is -0.352 e. The van der Waals surface area contributed by atoms with Gasteiger partial charge in [-0.25, -0.2) is 8.42 Å². The summed E-state index contributed by atoms with van der Waals surface area (Å²) >= 11 is 12.4. The van der Waals surface area contributed by atoms with E-state index in [1.165, 1.54) is 4.90 Å². The number of hydrogen-bond acceptors (Lipinski definition) is 4. The Balaban J connectivity index is 2.11. The van der Waals surface area contributed by atoms with Crippen LogP contribution in [0.4, 0.5) is 5.69 Å². The molecule has 0 saturated heterocycles. The number of halogens is 2. The van der Waals surface area contributed by atoms with Crippen LogP contribution in [0.2, 0.25) is 10.0 Å². The first kappa shape index (κ1) is 32.4. The molecule has 1 unspecified atom stereocenters. The van der Waals surface area contributed by atoms with Gasteiger partial charge in [0, 0.05) is 19.0 Å². The van der Waals surface area contributed by atoms with E-state index in [9.17, 15) is 18.0 Å². The van der Waals surface area contributed by atoms with Gasteiger partial charge in [0.1, 0.15) is 12.6 Å². The first-order valence-corrected chi connectivity index (χ1v) is 16.0. The average molecular weight is 619 g/mol. The largest absolute Gasteiger partial charge is 0.352 e. The van der Waals surface area contributed by atoms with E-state index in [1.54, 1.807) is 30.3 Å². The number of rotatable bonds is 12. The fraction of sp³-hybridized carbons (Fsp3) is 0.355. The Hall–Kier alpha value is -3.07. The fourth-order valence-corrected chi connectivity index (χ4v) is 5.76. The van der Waals surface area contributed by atoms with Gasteiger partial charge in [0.05, 0.1) is 22.0 Å². The monoisotopic (exact) mass is 617 g/mol. The smallest absolute Gasteiger partial charge is 0.244 e. The first-order valence-electron chi connectivity index (χ1n) is 13.4. The van der Waals surface area contributed by atoms with Gasteiger partial charge in [0.2, 0.25) is 21.8 Å². The fourth-order valence-electron chi connectivity index (χ4n) is 4.57. The van der Waals surface area contributed by atoms with Crippen molar-refractivity contribution < 1.29 is 18.0 Å². The Labute approximate surface area is 253 Å². The quantitative estimate of drug-likeness (QED) is 0.268. The molecule has 0 saturated carbocycles. The summed E-state index contributed by atoms with van der Waals surface area (Å²) in [5, 5.41) is 3.60. The maximum absolute atomic E-state index is 14.2. The second-order valence-electron chi connectivity index (χ2n) is 10.6. The minimum atomic E-state index is -3.86. The molecule has 41 heavy (non-hydrogen) atoms. The van der Waals surface area contributed by atoms with Crippen molar-refractivity contribution in [2.75, 3.05) is 17.1 Å². The van der Waals surface area contributed by atoms with E-state index in [0.29, 0.717) is 21.3 Å². The molecule has 0 aromatic heterocycles. The number of benzene rings is 3. The Bertz CT molecular complexity index is 1460. The molecule has 0 aliphatic rings. The number of carbonyl (C=O) groups excluding carboxylic acids is 2. The van der Waals surface area contributed by atoms with Crippen molar-refractivity contribution in [3.05, 3.63) is 99.5 Å². The maximum Gasteiger partial charge on any atom is 0.244 e. The Kier molecular flexibility index (Phi) is 11.2. The maximum atomic E-state index is 14.2. The average Bonchev–Trinajstić information content (AvgIpc) is 2.90. The van der Waals surface area contributed by atoms with Crippen LogP contribution in [0.5, 0.6) is 0 Å². The molecule has 3 aromatic carbocycles. The third kappa shape index (κ3) is 8.96. The second-order valence-corrected chi connectivity index (χ2v) is 13.3. The highest BCUT2D eigenvalue weighted by atomic mass is 35.5. The number of carbonyl (C=O) groups is 2. The summed E-state index contributed by atoms with van der Waals surface area (Å²) < 4.78 is 27.3. The van der Waals surface area contributed by atoms with Crippen molar-refractivity contribution in [1.82, 2.24) is 10.2 Å². The zero-order chi connectivity index (χ0) is 30.3. The zero-order valence-corrected chi connectivity index (χ0v) is 26.3. The first-order chi connectivity index (χ1) is 19.3. The van der Waals surface area contributed by atoms with Crippen LogP contribution in [0, 0.1) is 0 Å². The van der Waals surface area contributed by atoms with Crippen LogP contribution in [0.1, 0.15) is 50.3 Å². The molecule has 3 rings (SSSR count). The number of sulfonamides is 1. The van der Waals surface area contributed by atoms with Crippen LogP contribution < -0.4 is 9.62 Å². The molecule has 0 bridgehead atoms. The number of hydrogen-bond donors (Lipinski definition) is 1. The van der Waals surface area contributed by atoms with Gasteiger partial charge in [-0.2, -0.15) is 0 Å². The molecule has 3 aromatic rings. The van der Waals surface area contributed by atoms with Gasteiger partial charge >= 0.3 is 0 Å². The molecule has 0 heterocycles. The third-order valence-corrected chi connectivity index (χ3v) is 8.41. The lowest BCUT2D eigenvalue weighted by atomic mass is 10.0. The predicted octanol–water partition coefficient (Wildman–Crippen LogP) is 6.05. The molecule has 0 aliphatic carbocycles. The molecule has 1 atom stereocenters. The van der Waals surface area contributed by atoms with E-state index in [1.807, 2.05) is 70.2 Å². The van der Waals surface area contributed by atoms with Gasteiger partial charge in [-0.3, -0.25) is 13.9 Å². The van der Waals surface area contributed by atoms with Crippen LogP contribution >= 0.6 is 23.2 Å². The molecule has 0 aliphatic heterocycles. The number of nitrogens with zero attached hydrogens (tertiary/aromatic N) is 2. The van der Waals surface area contributed by atoms with Crippen molar-refractivity contribution in [2.24, 2.45) is 0 Å². The Morgan fingerprint density at radius 1 is 0.854 bits per heavy atom. The lowest BCUT2D eigenvalue weighted by Crippen LogP contribution is -2.54. The minimum absolute atomic E-state index is 0.0144. The van der Waals surface area contributed by atoms with E-state index < -0.39 is 28.5 Å². The van der Waals surface area contributed by atoms with E-state index in [2.05, 4.69) is 5.32 Å². The molecule has 2 amide bonds. The van der Waals surface area contributed by atoms with Crippen LogP contribution in [0.15, 0.2) is 72.8 Å². The summed E-state index contributed by atoms with van der Waals surface area (Å²) in [7, 11) is -3.86. The van der Waals surface area contributed by atoms with Crippen LogP contribution in [-0.2, 0) is 32.6 Å². The van der Waals surface area contributed by atoms with Gasteiger partial charge in [-0.15, -0.1) is 0 Å². The standard InChI is InChI=1S/C31H37Cl2N3O4S/c1-21(2)25-13-9-10-14-28(25)36(41(5,39)40)20-30(37)35(19-24-15-16-26(32)27(33)17-24)29(31(38)34-22(3)4)18-23-11-7-6-8-12-23/h6-17,21-22,29H,18-20H2,1-5H3,(H,34,38). The highest BCUT2D eigenvalue weighted by Crippen LogP contribution is 2.30. The van der Waals surface area contributed by atoms with Gasteiger partial charge in [0.25, 0.3) is 0 Å². The van der Waals surface area contributed by atoms with Gasteiger partial charge in [-0.05, 0) is 54.7 Å². The molecule has 0 spiro atoms. The van der Waals surface area contributed by atoms with Crippen LogP contribution in [0.25, 0.3) is 0 Å². The van der Waals surface area contributed by atoms with E-state index >= 15 is 0 Å². The van der Waals surface area contributed by atoms with Crippen LogP contribution in [0.3, 0.4) is 0 Å². The molecule has 10 heteroatoms. The summed E-state index contributed by atoms with van der Waals surface area (Å²) in [5.74, 6) is -0.855. The van der Waals surface area contributed by atoms with Gasteiger partial charge < -0.3 is 10.2 Å². The summed E-state index contributed by atoms with van der Waals surface area (Å²) in [6.45, 7) is 7.15. The van der Waals surface area contributed by atoms with Gasteiger partial charge in [0.15, 0.2) is 0 Å². The molecular weight excluding hydrogens is 581 g/mol. The van der Waals surface area contributed by atoms with E-state index in [-0.39, 0.29) is 30.8 Å². The Morgan fingerprint density at radius 3 is 2.07 bits per heavy atom. The lowest BCUT2D eigenvalue weighted by Gasteiger charge is -2.34. The normalized spacial score (nSPS) is 12.3. The summed E-state index contributed by atoms with van der Waals surface area (Å²) in [5.41, 5.74) is 2.73. The molecule has 220 valence electrons. The van der Waals surface area contributed by atoms with E-state index in [0.717, 1.165) is 21.7 Å². The molecule has 0 fully saturated rings. The molecule has 1 N–H and O–H groups in total. The van der Waals surface area contributed by atoms with Crippen molar-refractivity contribution in [3.8, 4) is 0 Å². The van der Waals surface area contributed by atoms with E-state index in [4.69, 9.17) is 23.2 Å². The lowest BCUT2D eigenvalue weighted by molar-refractivity contribution is -0.140. The highest BCUT2D eigenvalue weighted by Gasteiger charge is 2.34. The van der Waals surface area contributed by atoms with Crippen LogP contribution in [-0.4, -0.2) is 50.0 Å². The number of nitrogens with one attached hydrogen (secondary N) is 1. The van der Waals surface area contributed by atoms with Crippen molar-refractivity contribution >= 4 is 50.7 Å². The van der Waals surface area contributed by atoms with Crippen molar-refractivity contribution in [1.29, 1.82) is 0 Å². The SMILES string of the molecule is CC(C)NC(=O)C(Cc1ccccc1)N(Cc1ccc(Cl)c(Cl)c1)C(=O)CN(c1ccccc1C(C)C)S(C)(=O)=O. The summed E-state index contributed by atoms with van der Waals surface area (Å²) in [4.78, 5) is 29.3. The number of anilines is 1. The molecule has 7 nitrogen and oxygen atoms in total. The zero-order valence-electron chi connectivity index (χ0n) is 24.0. The summed E-state index contributed by atoms with van der Waals surface area (Å²) in [6, 6.07) is 20.4. The van der Waals surface area contributed by atoms with Gasteiger partial charge in [-0.1, -0.05) is 91.6 Å². The molecule has 0 radical (unpaired) electrons. The molecular formula is C31H37Cl2N3O4S. The van der Waals surface area contributed by atoms with Crippen molar-refractivity contribution in [2.45, 2.75) is 58.7 Å². The second kappa shape index (κ2) is 14.2.